The second-order valence-electron chi connectivity index (χ2n) is 8.49. The van der Waals surface area contributed by atoms with Gasteiger partial charge in [0.1, 0.15) is 11.5 Å². The minimum Gasteiger partial charge on any atom is -0.494 e. The Hall–Kier alpha value is -4.33. The molecule has 0 spiro atoms. The summed E-state index contributed by atoms with van der Waals surface area (Å²) in [6, 6.07) is 19.8. The van der Waals surface area contributed by atoms with E-state index in [0.29, 0.717) is 35.0 Å². The van der Waals surface area contributed by atoms with Gasteiger partial charge in [-0.1, -0.05) is 37.3 Å². The van der Waals surface area contributed by atoms with Gasteiger partial charge in [-0.25, -0.2) is 0 Å². The molecule has 3 aromatic rings. The highest BCUT2D eigenvalue weighted by molar-refractivity contribution is 6.06. The van der Waals surface area contributed by atoms with Crippen LogP contribution in [0.2, 0.25) is 0 Å². The van der Waals surface area contributed by atoms with Crippen molar-refractivity contribution in [3.63, 3.8) is 0 Å². The summed E-state index contributed by atoms with van der Waals surface area (Å²) in [7, 11) is 2.95. The molecule has 1 heterocycles. The van der Waals surface area contributed by atoms with E-state index in [1.807, 2.05) is 30.3 Å². The van der Waals surface area contributed by atoms with Gasteiger partial charge in [-0.05, 0) is 36.2 Å². The summed E-state index contributed by atoms with van der Waals surface area (Å²) >= 11 is 0. The first-order valence-corrected chi connectivity index (χ1v) is 11.8. The number of amides is 3. The lowest BCUT2D eigenvalue weighted by Crippen LogP contribution is -2.28. The van der Waals surface area contributed by atoms with Crippen LogP contribution in [-0.2, 0) is 16.0 Å². The molecule has 0 aliphatic carbocycles. The maximum atomic E-state index is 13.1. The van der Waals surface area contributed by atoms with Crippen LogP contribution in [0.5, 0.6) is 11.5 Å². The Kier molecular flexibility index (Phi) is 7.53. The molecule has 1 saturated heterocycles. The molecular weight excluding hydrogens is 458 g/mol. The van der Waals surface area contributed by atoms with Crippen molar-refractivity contribution in [3.8, 4) is 11.5 Å². The van der Waals surface area contributed by atoms with Crippen LogP contribution in [0.3, 0.4) is 0 Å². The summed E-state index contributed by atoms with van der Waals surface area (Å²) in [5.74, 6) is -0.500. The van der Waals surface area contributed by atoms with Gasteiger partial charge in [-0.15, -0.1) is 0 Å². The lowest BCUT2D eigenvalue weighted by molar-refractivity contribution is -0.122. The molecule has 36 heavy (non-hydrogen) atoms. The molecule has 0 bridgehead atoms. The van der Waals surface area contributed by atoms with Gasteiger partial charge in [0.05, 0.1) is 31.5 Å². The molecule has 8 heteroatoms. The number of carbonyl (C=O) groups excluding carboxylic acids is 3. The maximum absolute atomic E-state index is 13.1. The van der Waals surface area contributed by atoms with E-state index in [4.69, 9.17) is 9.47 Å². The fourth-order valence-corrected chi connectivity index (χ4v) is 4.16. The molecule has 1 atom stereocenters. The number of carbonyl (C=O) groups is 3. The van der Waals surface area contributed by atoms with Gasteiger partial charge < -0.3 is 25.0 Å². The zero-order valence-corrected chi connectivity index (χ0v) is 20.5. The SMILES string of the molecule is CCc1ccc(N2C[C@@H](C(=O)Nc3cc(OC)c(NC(=O)c4ccccc4)cc3OC)CC2=O)cc1. The van der Waals surface area contributed by atoms with Gasteiger partial charge in [0, 0.05) is 36.3 Å². The van der Waals surface area contributed by atoms with Gasteiger partial charge in [-0.2, -0.15) is 0 Å². The number of anilines is 3. The first-order valence-electron chi connectivity index (χ1n) is 11.8. The first-order chi connectivity index (χ1) is 17.4. The number of rotatable bonds is 8. The summed E-state index contributed by atoms with van der Waals surface area (Å²) in [5.41, 5.74) is 3.25. The number of hydrogen-bond donors (Lipinski definition) is 2. The molecule has 0 unspecified atom stereocenters. The fraction of sp³-hybridized carbons (Fsp3) is 0.250. The first kappa shape index (κ1) is 24.8. The van der Waals surface area contributed by atoms with E-state index < -0.39 is 5.92 Å². The average molecular weight is 488 g/mol. The molecule has 0 aromatic heterocycles. The summed E-state index contributed by atoms with van der Waals surface area (Å²) < 4.78 is 10.9. The second kappa shape index (κ2) is 10.9. The Morgan fingerprint density at radius 1 is 0.917 bits per heavy atom. The molecule has 1 aliphatic rings. The van der Waals surface area contributed by atoms with Crippen molar-refractivity contribution >= 4 is 34.8 Å². The smallest absolute Gasteiger partial charge is 0.255 e. The highest BCUT2D eigenvalue weighted by Crippen LogP contribution is 2.37. The van der Waals surface area contributed by atoms with Crippen LogP contribution >= 0.6 is 0 Å². The molecule has 3 amide bonds. The van der Waals surface area contributed by atoms with E-state index in [9.17, 15) is 14.4 Å². The lowest BCUT2D eigenvalue weighted by atomic mass is 10.1. The minimum absolute atomic E-state index is 0.0945. The maximum Gasteiger partial charge on any atom is 0.255 e. The van der Waals surface area contributed by atoms with E-state index in [2.05, 4.69) is 17.6 Å². The molecular formula is C28H29N3O5. The van der Waals surface area contributed by atoms with Gasteiger partial charge in [-0.3, -0.25) is 14.4 Å². The van der Waals surface area contributed by atoms with E-state index in [1.165, 1.54) is 19.8 Å². The van der Waals surface area contributed by atoms with Crippen molar-refractivity contribution in [1.82, 2.24) is 0 Å². The van der Waals surface area contributed by atoms with Crippen LogP contribution in [0.15, 0.2) is 66.7 Å². The molecule has 0 radical (unpaired) electrons. The van der Waals surface area contributed by atoms with E-state index >= 15 is 0 Å². The third-order valence-corrected chi connectivity index (χ3v) is 6.22. The van der Waals surface area contributed by atoms with Gasteiger partial charge >= 0.3 is 0 Å². The van der Waals surface area contributed by atoms with Crippen molar-refractivity contribution in [3.05, 3.63) is 77.9 Å². The van der Waals surface area contributed by atoms with Crippen LogP contribution in [0.1, 0.15) is 29.3 Å². The Labute approximate surface area is 210 Å². The predicted molar refractivity (Wildman–Crippen MR) is 139 cm³/mol. The number of methoxy groups -OCH3 is 2. The van der Waals surface area contributed by atoms with Crippen molar-refractivity contribution in [2.75, 3.05) is 36.3 Å². The predicted octanol–water partition coefficient (Wildman–Crippen LogP) is 4.51. The zero-order valence-electron chi connectivity index (χ0n) is 20.5. The Balaban J connectivity index is 1.49. The van der Waals surface area contributed by atoms with Crippen molar-refractivity contribution < 1.29 is 23.9 Å². The normalized spacial score (nSPS) is 14.9. The molecule has 1 aliphatic heterocycles. The van der Waals surface area contributed by atoms with Crippen molar-refractivity contribution in [2.45, 2.75) is 19.8 Å². The minimum atomic E-state index is -0.517. The van der Waals surface area contributed by atoms with Gasteiger partial charge in [0.15, 0.2) is 0 Å². The number of nitrogens with zero attached hydrogens (tertiary/aromatic N) is 1. The number of nitrogens with one attached hydrogen (secondary N) is 2. The molecule has 1 fully saturated rings. The van der Waals surface area contributed by atoms with Crippen LogP contribution in [0.25, 0.3) is 0 Å². The summed E-state index contributed by atoms with van der Waals surface area (Å²) in [4.78, 5) is 40.0. The second-order valence-corrected chi connectivity index (χ2v) is 8.49. The Morgan fingerprint density at radius 2 is 1.53 bits per heavy atom. The van der Waals surface area contributed by atoms with Crippen LogP contribution in [0.4, 0.5) is 17.1 Å². The van der Waals surface area contributed by atoms with E-state index in [1.54, 1.807) is 41.3 Å². The third-order valence-electron chi connectivity index (χ3n) is 6.22. The van der Waals surface area contributed by atoms with Crippen LogP contribution in [0, 0.1) is 5.92 Å². The molecule has 186 valence electrons. The van der Waals surface area contributed by atoms with Crippen molar-refractivity contribution in [1.29, 1.82) is 0 Å². The van der Waals surface area contributed by atoms with Crippen molar-refractivity contribution in [2.24, 2.45) is 5.92 Å². The average Bonchev–Trinajstić information content (AvgIpc) is 3.31. The molecule has 0 saturated carbocycles. The molecule has 8 nitrogen and oxygen atoms in total. The molecule has 3 aromatic carbocycles. The lowest BCUT2D eigenvalue weighted by Gasteiger charge is -2.18. The largest absolute Gasteiger partial charge is 0.494 e. The van der Waals surface area contributed by atoms with Crippen LogP contribution in [-0.4, -0.2) is 38.5 Å². The monoisotopic (exact) mass is 487 g/mol. The summed E-state index contributed by atoms with van der Waals surface area (Å²) in [6.45, 7) is 2.37. The van der Waals surface area contributed by atoms with E-state index in [0.717, 1.165) is 12.1 Å². The summed E-state index contributed by atoms with van der Waals surface area (Å²) in [6.07, 6.45) is 1.03. The fourth-order valence-electron chi connectivity index (χ4n) is 4.16. The molecule has 4 rings (SSSR count). The highest BCUT2D eigenvalue weighted by atomic mass is 16.5. The topological polar surface area (TPSA) is 97.0 Å². The summed E-state index contributed by atoms with van der Waals surface area (Å²) in [5, 5.41) is 5.68. The Bertz CT molecular complexity index is 1260. The van der Waals surface area contributed by atoms with Crippen LogP contribution < -0.4 is 25.0 Å². The third kappa shape index (κ3) is 5.33. The standard InChI is InChI=1S/C28H29N3O5/c1-4-18-10-12-21(13-11-18)31-17-20(14-26(31)32)28(34)30-23-16-24(35-2)22(15-25(23)36-3)29-27(33)19-8-6-5-7-9-19/h5-13,15-16,20H,4,14,17H2,1-3H3,(H,29,33)(H,30,34)/t20-/m0/s1. The van der Waals surface area contributed by atoms with E-state index in [-0.39, 0.29) is 24.1 Å². The number of hydrogen-bond acceptors (Lipinski definition) is 5. The highest BCUT2D eigenvalue weighted by Gasteiger charge is 2.35. The number of benzene rings is 3. The zero-order chi connectivity index (χ0) is 25.7. The molecule has 2 N–H and O–H groups in total. The Morgan fingerprint density at radius 3 is 2.11 bits per heavy atom. The van der Waals surface area contributed by atoms with Gasteiger partial charge in [0.2, 0.25) is 11.8 Å². The number of aryl methyl sites for hydroxylation is 1. The van der Waals surface area contributed by atoms with Gasteiger partial charge in [0.25, 0.3) is 5.91 Å². The number of ether oxygens (including phenoxy) is 2. The quantitative estimate of drug-likeness (QED) is 0.487.